The zero-order valence-electron chi connectivity index (χ0n) is 41.9. The van der Waals surface area contributed by atoms with E-state index in [1.807, 2.05) is 0 Å². The third-order valence-corrected chi connectivity index (χ3v) is 12.5. The van der Waals surface area contributed by atoms with Crippen LogP contribution in [-0.4, -0.2) is 37.2 Å². The number of carbonyl (C=O) groups excluding carboxylic acids is 3. The number of ether oxygens (including phenoxy) is 3. The van der Waals surface area contributed by atoms with Gasteiger partial charge in [-0.1, -0.05) is 258 Å². The van der Waals surface area contributed by atoms with Crippen LogP contribution in [0.15, 0.2) is 12.2 Å². The summed E-state index contributed by atoms with van der Waals surface area (Å²) in [5.74, 6) is -0.866. The smallest absolute Gasteiger partial charge is 0.306 e. The Morgan fingerprint density at radius 2 is 0.532 bits per heavy atom. The lowest BCUT2D eigenvalue weighted by Gasteiger charge is -2.18. The topological polar surface area (TPSA) is 78.9 Å². The van der Waals surface area contributed by atoms with E-state index < -0.39 is 6.10 Å². The molecule has 0 radical (unpaired) electrons. The first-order valence-corrected chi connectivity index (χ1v) is 27.7. The molecule has 0 rings (SSSR count). The molecule has 1 unspecified atom stereocenters. The number of hydrogen-bond acceptors (Lipinski definition) is 6. The number of hydrogen-bond donors (Lipinski definition) is 0. The van der Waals surface area contributed by atoms with Crippen LogP contribution in [0, 0.1) is 0 Å². The van der Waals surface area contributed by atoms with E-state index >= 15 is 0 Å². The molecule has 0 aromatic rings. The predicted molar refractivity (Wildman–Crippen MR) is 266 cm³/mol. The van der Waals surface area contributed by atoms with Crippen LogP contribution in [0.4, 0.5) is 0 Å². The van der Waals surface area contributed by atoms with Crippen LogP contribution in [0.5, 0.6) is 0 Å². The van der Waals surface area contributed by atoms with Crippen LogP contribution in [0.1, 0.15) is 310 Å². The second kappa shape index (κ2) is 51.8. The molecule has 0 bridgehead atoms. The molecule has 0 spiro atoms. The van der Waals surface area contributed by atoms with E-state index in [0.717, 1.165) is 70.6 Å². The van der Waals surface area contributed by atoms with Crippen molar-refractivity contribution in [3.63, 3.8) is 0 Å². The largest absolute Gasteiger partial charge is 0.462 e. The van der Waals surface area contributed by atoms with E-state index in [1.54, 1.807) is 0 Å². The van der Waals surface area contributed by atoms with Gasteiger partial charge in [0.15, 0.2) is 6.10 Å². The highest BCUT2D eigenvalue weighted by molar-refractivity contribution is 5.71. The summed E-state index contributed by atoms with van der Waals surface area (Å²) in [6.45, 7) is 6.67. The molecule has 0 saturated heterocycles. The van der Waals surface area contributed by atoms with Gasteiger partial charge in [0.1, 0.15) is 13.2 Å². The molecule has 366 valence electrons. The molecule has 0 N–H and O–H groups in total. The Balaban J connectivity index is 4.30. The molecular formula is C56H106O6. The van der Waals surface area contributed by atoms with Crippen molar-refractivity contribution in [2.24, 2.45) is 0 Å². The van der Waals surface area contributed by atoms with Gasteiger partial charge in [0, 0.05) is 19.3 Å². The summed E-state index contributed by atoms with van der Waals surface area (Å²) >= 11 is 0. The minimum Gasteiger partial charge on any atom is -0.462 e. The van der Waals surface area contributed by atoms with Crippen molar-refractivity contribution in [3.8, 4) is 0 Å². The molecular weight excluding hydrogens is 769 g/mol. The molecule has 62 heavy (non-hydrogen) atoms. The van der Waals surface area contributed by atoms with Crippen LogP contribution >= 0.6 is 0 Å². The molecule has 0 fully saturated rings. The number of esters is 3. The second-order valence-corrected chi connectivity index (χ2v) is 18.9. The molecule has 0 heterocycles. The third kappa shape index (κ3) is 49.2. The van der Waals surface area contributed by atoms with E-state index in [0.29, 0.717) is 19.3 Å². The first-order valence-electron chi connectivity index (χ1n) is 27.7. The summed E-state index contributed by atoms with van der Waals surface area (Å²) in [5, 5.41) is 0. The van der Waals surface area contributed by atoms with Gasteiger partial charge in [0.05, 0.1) is 0 Å². The third-order valence-electron chi connectivity index (χ3n) is 12.5. The lowest BCUT2D eigenvalue weighted by Crippen LogP contribution is -2.30. The summed E-state index contributed by atoms with van der Waals surface area (Å²) < 4.78 is 16.8. The Labute approximate surface area is 386 Å². The summed E-state index contributed by atoms with van der Waals surface area (Å²) in [6, 6.07) is 0. The Hall–Kier alpha value is -1.85. The Morgan fingerprint density at radius 3 is 0.823 bits per heavy atom. The lowest BCUT2D eigenvalue weighted by molar-refractivity contribution is -0.167. The van der Waals surface area contributed by atoms with Crippen LogP contribution in [0.2, 0.25) is 0 Å². The van der Waals surface area contributed by atoms with Crippen molar-refractivity contribution in [1.29, 1.82) is 0 Å². The van der Waals surface area contributed by atoms with Gasteiger partial charge >= 0.3 is 17.9 Å². The summed E-state index contributed by atoms with van der Waals surface area (Å²) in [7, 11) is 0. The van der Waals surface area contributed by atoms with Gasteiger partial charge < -0.3 is 14.2 Å². The van der Waals surface area contributed by atoms with Crippen LogP contribution in [-0.2, 0) is 28.6 Å². The van der Waals surface area contributed by atoms with Gasteiger partial charge in [-0.05, 0) is 44.9 Å². The first kappa shape index (κ1) is 60.2. The van der Waals surface area contributed by atoms with Crippen LogP contribution in [0.25, 0.3) is 0 Å². The quantitative estimate of drug-likeness (QED) is 0.0262. The van der Waals surface area contributed by atoms with E-state index in [4.69, 9.17) is 14.2 Å². The summed E-state index contributed by atoms with van der Waals surface area (Å²) in [6.07, 6.45) is 57.7. The zero-order valence-corrected chi connectivity index (χ0v) is 41.9. The fourth-order valence-electron chi connectivity index (χ4n) is 8.32. The lowest BCUT2D eigenvalue weighted by atomic mass is 10.0. The standard InChI is InChI=1S/C56H106O6/c1-4-7-10-13-16-19-22-25-27-28-29-30-32-34-37-40-43-46-49-55(58)61-52-53(51-60-54(57)48-45-42-39-36-33-24-21-18-15-12-9-6-3)62-56(59)50-47-44-41-38-35-31-26-23-20-17-14-11-8-5-2/h31,35,53H,4-30,32-34,36-52H2,1-3H3/b35-31-. The van der Waals surface area contributed by atoms with Crippen molar-refractivity contribution < 1.29 is 28.6 Å². The molecule has 0 aromatic carbocycles. The van der Waals surface area contributed by atoms with Gasteiger partial charge in [-0.15, -0.1) is 0 Å². The average molecular weight is 875 g/mol. The van der Waals surface area contributed by atoms with Crippen molar-refractivity contribution in [2.75, 3.05) is 13.2 Å². The SMILES string of the molecule is CCCCCCCCC/C=C\CCCCCC(=O)OC(COC(=O)CCCCCCCCCCCCCC)COC(=O)CCCCCCCCCCCCCCCCCCCC. The zero-order chi connectivity index (χ0) is 45.1. The Kier molecular flexibility index (Phi) is 50.2. The number of rotatable bonds is 51. The Morgan fingerprint density at radius 1 is 0.306 bits per heavy atom. The van der Waals surface area contributed by atoms with E-state index in [-0.39, 0.29) is 31.1 Å². The van der Waals surface area contributed by atoms with Crippen molar-refractivity contribution in [1.82, 2.24) is 0 Å². The molecule has 0 aromatic heterocycles. The van der Waals surface area contributed by atoms with Gasteiger partial charge in [0.2, 0.25) is 0 Å². The molecule has 0 amide bonds. The average Bonchev–Trinajstić information content (AvgIpc) is 3.27. The minimum atomic E-state index is -0.771. The highest BCUT2D eigenvalue weighted by Gasteiger charge is 2.19. The fourth-order valence-corrected chi connectivity index (χ4v) is 8.32. The van der Waals surface area contributed by atoms with Gasteiger partial charge in [-0.2, -0.15) is 0 Å². The van der Waals surface area contributed by atoms with Gasteiger partial charge in [-0.25, -0.2) is 0 Å². The predicted octanol–water partition coefficient (Wildman–Crippen LogP) is 18.2. The monoisotopic (exact) mass is 875 g/mol. The molecule has 6 heteroatoms. The van der Waals surface area contributed by atoms with Crippen molar-refractivity contribution in [2.45, 2.75) is 316 Å². The maximum atomic E-state index is 12.8. The molecule has 0 saturated carbocycles. The van der Waals surface area contributed by atoms with Gasteiger partial charge in [0.25, 0.3) is 0 Å². The number of carbonyl (C=O) groups is 3. The molecule has 0 aliphatic rings. The molecule has 0 aliphatic heterocycles. The Bertz CT molecular complexity index is 962. The normalized spacial score (nSPS) is 12.0. The van der Waals surface area contributed by atoms with E-state index in [2.05, 4.69) is 32.9 Å². The maximum Gasteiger partial charge on any atom is 0.306 e. The van der Waals surface area contributed by atoms with E-state index in [1.165, 1.54) is 199 Å². The summed E-state index contributed by atoms with van der Waals surface area (Å²) in [5.41, 5.74) is 0. The molecule has 0 aliphatic carbocycles. The molecule has 6 nitrogen and oxygen atoms in total. The highest BCUT2D eigenvalue weighted by atomic mass is 16.6. The van der Waals surface area contributed by atoms with Gasteiger partial charge in [-0.3, -0.25) is 14.4 Å². The van der Waals surface area contributed by atoms with E-state index in [9.17, 15) is 14.4 Å². The highest BCUT2D eigenvalue weighted by Crippen LogP contribution is 2.17. The van der Waals surface area contributed by atoms with Crippen LogP contribution < -0.4 is 0 Å². The molecule has 1 atom stereocenters. The maximum absolute atomic E-state index is 12.8. The minimum absolute atomic E-state index is 0.0704. The fraction of sp³-hybridized carbons (Fsp3) is 0.911. The van der Waals surface area contributed by atoms with Crippen molar-refractivity contribution >= 4 is 17.9 Å². The first-order chi connectivity index (χ1) is 30.5. The second-order valence-electron chi connectivity index (χ2n) is 18.9. The summed E-state index contributed by atoms with van der Waals surface area (Å²) in [4.78, 5) is 38.0. The number of unbranched alkanes of at least 4 members (excludes halogenated alkanes) is 38. The van der Waals surface area contributed by atoms with Crippen LogP contribution in [0.3, 0.4) is 0 Å². The number of allylic oxidation sites excluding steroid dienone is 2. The van der Waals surface area contributed by atoms with Crippen molar-refractivity contribution in [3.05, 3.63) is 12.2 Å².